The fraction of sp³-hybridized carbons (Fsp3) is 0.500. The molecule has 0 fully saturated rings. The zero-order valence-corrected chi connectivity index (χ0v) is 9.97. The van der Waals surface area contributed by atoms with E-state index in [9.17, 15) is 0 Å². The summed E-state index contributed by atoms with van der Waals surface area (Å²) >= 11 is 0. The SMILES string of the molecule is COCC(C)N(C)Cc1cccnc1C#N. The molecule has 0 bridgehead atoms. The molecule has 1 atom stereocenters. The predicted octanol–water partition coefficient (Wildman–Crippen LogP) is 1.42. The number of hydrogen-bond acceptors (Lipinski definition) is 4. The molecule has 0 saturated heterocycles. The lowest BCUT2D eigenvalue weighted by atomic mass is 10.2. The fourth-order valence-electron chi connectivity index (χ4n) is 1.46. The van der Waals surface area contributed by atoms with Gasteiger partial charge in [-0.2, -0.15) is 5.26 Å². The third kappa shape index (κ3) is 3.30. The van der Waals surface area contributed by atoms with Crippen LogP contribution in [0.2, 0.25) is 0 Å². The maximum atomic E-state index is 8.92. The highest BCUT2D eigenvalue weighted by Crippen LogP contribution is 2.09. The van der Waals surface area contributed by atoms with Crippen molar-refractivity contribution in [2.24, 2.45) is 0 Å². The van der Waals surface area contributed by atoms with Gasteiger partial charge in [-0.25, -0.2) is 4.98 Å². The molecule has 0 aromatic carbocycles. The highest BCUT2D eigenvalue weighted by Gasteiger charge is 2.11. The molecule has 1 aromatic heterocycles. The van der Waals surface area contributed by atoms with Crippen LogP contribution in [-0.2, 0) is 11.3 Å². The first-order valence-electron chi connectivity index (χ1n) is 5.22. The van der Waals surface area contributed by atoms with Crippen LogP contribution >= 0.6 is 0 Å². The highest BCUT2D eigenvalue weighted by molar-refractivity contribution is 5.30. The van der Waals surface area contributed by atoms with E-state index in [2.05, 4.69) is 22.9 Å². The van der Waals surface area contributed by atoms with Gasteiger partial charge in [-0.1, -0.05) is 6.07 Å². The molecule has 0 saturated carbocycles. The zero-order valence-electron chi connectivity index (χ0n) is 9.97. The summed E-state index contributed by atoms with van der Waals surface area (Å²) in [4.78, 5) is 6.18. The van der Waals surface area contributed by atoms with Crippen molar-refractivity contribution in [2.75, 3.05) is 20.8 Å². The van der Waals surface area contributed by atoms with Crippen molar-refractivity contribution in [3.8, 4) is 6.07 Å². The largest absolute Gasteiger partial charge is 0.383 e. The van der Waals surface area contributed by atoms with E-state index in [1.54, 1.807) is 13.3 Å². The number of methoxy groups -OCH3 is 1. The summed E-state index contributed by atoms with van der Waals surface area (Å²) in [6, 6.07) is 6.20. The molecule has 1 unspecified atom stereocenters. The lowest BCUT2D eigenvalue weighted by Gasteiger charge is -2.24. The van der Waals surface area contributed by atoms with Gasteiger partial charge in [0.1, 0.15) is 11.8 Å². The molecule has 0 radical (unpaired) electrons. The first kappa shape index (κ1) is 12.6. The minimum Gasteiger partial charge on any atom is -0.383 e. The minimum atomic E-state index is 0.316. The van der Waals surface area contributed by atoms with Crippen LogP contribution in [0.4, 0.5) is 0 Å². The van der Waals surface area contributed by atoms with Crippen LogP contribution < -0.4 is 0 Å². The molecular formula is C12H17N3O. The zero-order chi connectivity index (χ0) is 12.0. The second-order valence-electron chi connectivity index (χ2n) is 3.84. The lowest BCUT2D eigenvalue weighted by molar-refractivity contribution is 0.112. The summed E-state index contributed by atoms with van der Waals surface area (Å²) < 4.78 is 5.10. The molecule has 0 aliphatic carbocycles. The van der Waals surface area contributed by atoms with E-state index in [1.807, 2.05) is 19.2 Å². The summed E-state index contributed by atoms with van der Waals surface area (Å²) in [7, 11) is 3.70. The smallest absolute Gasteiger partial charge is 0.144 e. The van der Waals surface area contributed by atoms with Gasteiger partial charge >= 0.3 is 0 Å². The van der Waals surface area contributed by atoms with Crippen molar-refractivity contribution in [3.63, 3.8) is 0 Å². The Morgan fingerprint density at radius 2 is 2.38 bits per heavy atom. The van der Waals surface area contributed by atoms with E-state index in [-0.39, 0.29) is 0 Å². The molecule has 4 nitrogen and oxygen atoms in total. The molecule has 86 valence electrons. The van der Waals surface area contributed by atoms with Crippen molar-refractivity contribution in [3.05, 3.63) is 29.6 Å². The van der Waals surface area contributed by atoms with E-state index in [0.717, 1.165) is 5.56 Å². The van der Waals surface area contributed by atoms with E-state index in [1.165, 1.54) is 0 Å². The number of pyridine rings is 1. The van der Waals surface area contributed by atoms with Crippen LogP contribution in [0.1, 0.15) is 18.2 Å². The highest BCUT2D eigenvalue weighted by atomic mass is 16.5. The Morgan fingerprint density at radius 3 is 3.00 bits per heavy atom. The maximum absolute atomic E-state index is 8.92. The van der Waals surface area contributed by atoms with Crippen molar-refractivity contribution >= 4 is 0 Å². The van der Waals surface area contributed by atoms with Gasteiger partial charge in [-0.3, -0.25) is 4.90 Å². The van der Waals surface area contributed by atoms with Gasteiger partial charge in [0.15, 0.2) is 0 Å². The molecule has 0 aliphatic rings. The Hall–Kier alpha value is -1.44. The van der Waals surface area contributed by atoms with Crippen LogP contribution in [0.15, 0.2) is 18.3 Å². The van der Waals surface area contributed by atoms with Gasteiger partial charge in [-0.15, -0.1) is 0 Å². The predicted molar refractivity (Wildman–Crippen MR) is 61.8 cm³/mol. The molecule has 1 aromatic rings. The third-order valence-corrected chi connectivity index (χ3v) is 2.58. The molecule has 4 heteroatoms. The normalized spacial score (nSPS) is 12.4. The standard InChI is InChI=1S/C12H17N3O/c1-10(9-16-3)15(2)8-11-5-4-6-14-12(11)7-13/h4-6,10H,8-9H2,1-3H3. The molecule has 0 amide bonds. The monoisotopic (exact) mass is 219 g/mol. The average Bonchev–Trinajstić information content (AvgIpc) is 2.30. The van der Waals surface area contributed by atoms with Crippen molar-refractivity contribution in [1.29, 1.82) is 5.26 Å². The van der Waals surface area contributed by atoms with Crippen molar-refractivity contribution in [2.45, 2.75) is 19.5 Å². The Kier molecular flexibility index (Phi) is 4.90. The Bertz CT molecular complexity index is 373. The summed E-state index contributed by atoms with van der Waals surface area (Å²) in [5.41, 5.74) is 1.45. The number of aromatic nitrogens is 1. The Labute approximate surface area is 96.5 Å². The number of rotatable bonds is 5. The lowest BCUT2D eigenvalue weighted by Crippen LogP contribution is -2.32. The number of likely N-dealkylation sites (N-methyl/N-ethyl adjacent to an activating group) is 1. The number of hydrogen-bond donors (Lipinski definition) is 0. The van der Waals surface area contributed by atoms with Crippen LogP contribution in [0.3, 0.4) is 0 Å². The van der Waals surface area contributed by atoms with Crippen molar-refractivity contribution in [1.82, 2.24) is 9.88 Å². The molecule has 0 aliphatic heterocycles. The van der Waals surface area contributed by atoms with Gasteiger partial charge in [0.05, 0.1) is 6.61 Å². The number of nitriles is 1. The summed E-state index contributed by atoms with van der Waals surface area (Å²) in [6.07, 6.45) is 1.64. The Balaban J connectivity index is 2.69. The number of nitrogens with zero attached hydrogens (tertiary/aromatic N) is 3. The average molecular weight is 219 g/mol. The van der Waals surface area contributed by atoms with Gasteiger partial charge < -0.3 is 4.74 Å². The van der Waals surface area contributed by atoms with Gasteiger partial charge in [0, 0.05) is 31.5 Å². The number of ether oxygens (including phenoxy) is 1. The third-order valence-electron chi connectivity index (χ3n) is 2.58. The fourth-order valence-corrected chi connectivity index (χ4v) is 1.46. The summed E-state index contributed by atoms with van der Waals surface area (Å²) in [5, 5.41) is 8.92. The van der Waals surface area contributed by atoms with E-state index < -0.39 is 0 Å². The first-order chi connectivity index (χ1) is 7.69. The van der Waals surface area contributed by atoms with Crippen LogP contribution in [-0.4, -0.2) is 36.7 Å². The molecule has 0 spiro atoms. The van der Waals surface area contributed by atoms with E-state index in [4.69, 9.17) is 10.00 Å². The molecular weight excluding hydrogens is 202 g/mol. The maximum Gasteiger partial charge on any atom is 0.144 e. The van der Waals surface area contributed by atoms with E-state index >= 15 is 0 Å². The van der Waals surface area contributed by atoms with Gasteiger partial charge in [-0.05, 0) is 20.0 Å². The van der Waals surface area contributed by atoms with Crippen LogP contribution in [0.5, 0.6) is 0 Å². The Morgan fingerprint density at radius 1 is 1.62 bits per heavy atom. The van der Waals surface area contributed by atoms with E-state index in [0.29, 0.717) is 24.9 Å². The minimum absolute atomic E-state index is 0.316. The molecule has 0 N–H and O–H groups in total. The molecule has 16 heavy (non-hydrogen) atoms. The second-order valence-corrected chi connectivity index (χ2v) is 3.84. The van der Waals surface area contributed by atoms with Gasteiger partial charge in [0.25, 0.3) is 0 Å². The molecule has 1 rings (SSSR count). The molecule has 1 heterocycles. The summed E-state index contributed by atoms with van der Waals surface area (Å²) in [5.74, 6) is 0. The second kappa shape index (κ2) is 6.21. The summed E-state index contributed by atoms with van der Waals surface area (Å²) in [6.45, 7) is 3.48. The van der Waals surface area contributed by atoms with Crippen LogP contribution in [0, 0.1) is 11.3 Å². The van der Waals surface area contributed by atoms with Gasteiger partial charge in [0.2, 0.25) is 0 Å². The topological polar surface area (TPSA) is 49.1 Å². The van der Waals surface area contributed by atoms with Crippen LogP contribution in [0.25, 0.3) is 0 Å². The first-order valence-corrected chi connectivity index (χ1v) is 5.22. The quantitative estimate of drug-likeness (QED) is 0.751. The van der Waals surface area contributed by atoms with Crippen molar-refractivity contribution < 1.29 is 4.74 Å².